The van der Waals surface area contributed by atoms with E-state index in [0.717, 1.165) is 17.9 Å². The smallest absolute Gasteiger partial charge is 0.191 e. The number of benzene rings is 2. The molecule has 2 N–H and O–H groups in total. The monoisotopic (exact) mass is 487 g/mol. The summed E-state index contributed by atoms with van der Waals surface area (Å²) in [6, 6.07) is 14.5. The van der Waals surface area contributed by atoms with E-state index in [-0.39, 0.29) is 29.8 Å². The number of aliphatic imine (C=N–C) groups is 1. The van der Waals surface area contributed by atoms with Crippen molar-refractivity contribution in [1.29, 1.82) is 0 Å². The molecule has 2 rings (SSSR count). The quantitative estimate of drug-likeness (QED) is 0.245. The second-order valence-electron chi connectivity index (χ2n) is 5.63. The van der Waals surface area contributed by atoms with Gasteiger partial charge in [-0.15, -0.1) is 24.0 Å². The van der Waals surface area contributed by atoms with Gasteiger partial charge in [0.1, 0.15) is 18.2 Å². The molecule has 0 bridgehead atoms. The van der Waals surface area contributed by atoms with Gasteiger partial charge in [0.15, 0.2) is 5.96 Å². The number of rotatable bonds is 9. The van der Waals surface area contributed by atoms with Crippen LogP contribution in [0.25, 0.3) is 0 Å². The summed E-state index contributed by atoms with van der Waals surface area (Å²) in [4.78, 5) is 4.56. The first-order chi connectivity index (χ1) is 12.7. The van der Waals surface area contributed by atoms with E-state index in [0.29, 0.717) is 37.8 Å². The maximum Gasteiger partial charge on any atom is 0.191 e. The number of nitrogens with zero attached hydrogens (tertiary/aromatic N) is 1. The summed E-state index contributed by atoms with van der Waals surface area (Å²) >= 11 is 0. The fourth-order valence-electron chi connectivity index (χ4n) is 2.31. The molecule has 5 nitrogen and oxygen atoms in total. The summed E-state index contributed by atoms with van der Waals surface area (Å²) in [6.07, 6.45) is 0. The number of nitrogens with one attached hydrogen (secondary N) is 2. The van der Waals surface area contributed by atoms with E-state index < -0.39 is 0 Å². The van der Waals surface area contributed by atoms with Crippen LogP contribution in [0.1, 0.15) is 18.1 Å². The highest BCUT2D eigenvalue weighted by Crippen LogP contribution is 2.14. The lowest BCUT2D eigenvalue weighted by molar-refractivity contribution is 0.146. The van der Waals surface area contributed by atoms with Crippen LogP contribution in [0, 0.1) is 5.82 Å². The highest BCUT2D eigenvalue weighted by Gasteiger charge is 2.03. The zero-order valence-electron chi connectivity index (χ0n) is 15.7. The van der Waals surface area contributed by atoms with Gasteiger partial charge in [0.2, 0.25) is 0 Å². The Morgan fingerprint density at radius 2 is 1.89 bits per heavy atom. The molecule has 27 heavy (non-hydrogen) atoms. The Morgan fingerprint density at radius 3 is 2.63 bits per heavy atom. The van der Waals surface area contributed by atoms with Gasteiger partial charge < -0.3 is 20.1 Å². The van der Waals surface area contributed by atoms with E-state index in [2.05, 4.69) is 15.6 Å². The molecule has 2 aromatic rings. The zero-order valence-corrected chi connectivity index (χ0v) is 18.0. The molecule has 7 heteroatoms. The lowest BCUT2D eigenvalue weighted by Gasteiger charge is -2.12. The normalized spacial score (nSPS) is 10.9. The molecule has 0 radical (unpaired) electrons. The third-order valence-electron chi connectivity index (χ3n) is 3.62. The van der Waals surface area contributed by atoms with Crippen LogP contribution in [0.5, 0.6) is 5.75 Å². The molecule has 0 aliphatic heterocycles. The molecule has 0 aliphatic rings. The minimum absolute atomic E-state index is 0. The van der Waals surface area contributed by atoms with Gasteiger partial charge in [-0.2, -0.15) is 0 Å². The number of ether oxygens (including phenoxy) is 2. The van der Waals surface area contributed by atoms with Crippen molar-refractivity contribution in [2.24, 2.45) is 4.99 Å². The molecular formula is C20H27FIN3O2. The number of hydrogen-bond donors (Lipinski definition) is 2. The zero-order chi connectivity index (χ0) is 18.6. The van der Waals surface area contributed by atoms with E-state index in [1.54, 1.807) is 19.2 Å². The van der Waals surface area contributed by atoms with E-state index in [1.807, 2.05) is 37.3 Å². The molecule has 0 unspecified atom stereocenters. The number of halogens is 2. The van der Waals surface area contributed by atoms with Crippen LogP contribution in [0.4, 0.5) is 4.39 Å². The largest absolute Gasteiger partial charge is 0.491 e. The number of guanidine groups is 1. The lowest BCUT2D eigenvalue weighted by atomic mass is 10.2. The molecular weight excluding hydrogens is 460 g/mol. The van der Waals surface area contributed by atoms with Gasteiger partial charge in [0.25, 0.3) is 0 Å². The van der Waals surface area contributed by atoms with Crippen LogP contribution in [-0.4, -0.2) is 32.8 Å². The first-order valence-corrected chi connectivity index (χ1v) is 8.69. The molecule has 0 aromatic heterocycles. The maximum absolute atomic E-state index is 13.7. The Hall–Kier alpha value is -1.87. The van der Waals surface area contributed by atoms with Gasteiger partial charge in [-0.3, -0.25) is 0 Å². The fraction of sp³-hybridized carbons (Fsp3) is 0.350. The molecule has 0 saturated heterocycles. The third kappa shape index (κ3) is 8.57. The van der Waals surface area contributed by atoms with Crippen molar-refractivity contribution in [2.45, 2.75) is 20.0 Å². The Balaban J connectivity index is 0.00000364. The summed E-state index contributed by atoms with van der Waals surface area (Å²) in [5.74, 6) is 1.21. The van der Waals surface area contributed by atoms with Crippen molar-refractivity contribution in [1.82, 2.24) is 10.6 Å². The first kappa shape index (κ1) is 23.2. The second-order valence-corrected chi connectivity index (χ2v) is 5.63. The first-order valence-electron chi connectivity index (χ1n) is 8.69. The summed E-state index contributed by atoms with van der Waals surface area (Å²) in [5, 5.41) is 6.32. The summed E-state index contributed by atoms with van der Waals surface area (Å²) in [7, 11) is 1.64. The maximum atomic E-state index is 13.7. The third-order valence-corrected chi connectivity index (χ3v) is 3.62. The highest BCUT2D eigenvalue weighted by molar-refractivity contribution is 14.0. The Kier molecular flexibility index (Phi) is 11.4. The van der Waals surface area contributed by atoms with Crippen molar-refractivity contribution >= 4 is 29.9 Å². The summed E-state index contributed by atoms with van der Waals surface area (Å²) in [6.45, 7) is 4.64. The van der Waals surface area contributed by atoms with E-state index in [9.17, 15) is 4.39 Å². The fourth-order valence-corrected chi connectivity index (χ4v) is 2.31. The molecule has 0 saturated carbocycles. The minimum atomic E-state index is -0.225. The molecule has 0 spiro atoms. The van der Waals surface area contributed by atoms with Gasteiger partial charge in [-0.05, 0) is 30.7 Å². The molecule has 0 amide bonds. The molecule has 0 atom stereocenters. The summed E-state index contributed by atoms with van der Waals surface area (Å²) < 4.78 is 24.3. The molecule has 0 aliphatic carbocycles. The van der Waals surface area contributed by atoms with Crippen LogP contribution < -0.4 is 15.4 Å². The minimum Gasteiger partial charge on any atom is -0.491 e. The van der Waals surface area contributed by atoms with Crippen LogP contribution >= 0.6 is 24.0 Å². The molecule has 2 aromatic carbocycles. The molecule has 148 valence electrons. The Labute approximate surface area is 177 Å². The second kappa shape index (κ2) is 13.3. The predicted octanol–water partition coefficient (Wildman–Crippen LogP) is 3.72. The predicted molar refractivity (Wildman–Crippen MR) is 117 cm³/mol. The number of hydrogen-bond acceptors (Lipinski definition) is 3. The SMILES string of the molecule is CCNC(=NCc1cccc(OCCOC)c1)NCc1ccccc1F.I. The van der Waals surface area contributed by atoms with Crippen LogP contribution in [0.15, 0.2) is 53.5 Å². The topological polar surface area (TPSA) is 54.9 Å². The van der Waals surface area contributed by atoms with E-state index >= 15 is 0 Å². The van der Waals surface area contributed by atoms with Crippen molar-refractivity contribution in [3.63, 3.8) is 0 Å². The van der Waals surface area contributed by atoms with Crippen LogP contribution in [0.2, 0.25) is 0 Å². The van der Waals surface area contributed by atoms with Crippen LogP contribution in [0.3, 0.4) is 0 Å². The lowest BCUT2D eigenvalue weighted by Crippen LogP contribution is -2.37. The van der Waals surface area contributed by atoms with Crippen molar-refractivity contribution < 1.29 is 13.9 Å². The number of methoxy groups -OCH3 is 1. The van der Waals surface area contributed by atoms with Gasteiger partial charge in [-0.25, -0.2) is 9.38 Å². The van der Waals surface area contributed by atoms with E-state index in [4.69, 9.17) is 9.47 Å². The summed E-state index contributed by atoms with van der Waals surface area (Å²) in [5.41, 5.74) is 1.63. The Morgan fingerprint density at radius 1 is 1.07 bits per heavy atom. The van der Waals surface area contributed by atoms with E-state index in [1.165, 1.54) is 6.07 Å². The molecule has 0 heterocycles. The Bertz CT molecular complexity index is 713. The van der Waals surface area contributed by atoms with Crippen molar-refractivity contribution in [3.8, 4) is 5.75 Å². The van der Waals surface area contributed by atoms with Crippen molar-refractivity contribution in [3.05, 3.63) is 65.5 Å². The molecule has 0 fully saturated rings. The highest BCUT2D eigenvalue weighted by atomic mass is 127. The average molecular weight is 487 g/mol. The average Bonchev–Trinajstić information content (AvgIpc) is 2.66. The standard InChI is InChI=1S/C20H26FN3O2.HI/c1-3-22-20(24-15-17-8-4-5-10-19(17)21)23-14-16-7-6-9-18(13-16)26-12-11-25-2;/h4-10,13H,3,11-12,14-15H2,1-2H3,(H2,22,23,24);1H. The van der Waals surface area contributed by atoms with Gasteiger partial charge in [0, 0.05) is 25.8 Å². The van der Waals surface area contributed by atoms with Gasteiger partial charge in [0.05, 0.1) is 13.2 Å². The van der Waals surface area contributed by atoms with Crippen molar-refractivity contribution in [2.75, 3.05) is 26.9 Å². The van der Waals surface area contributed by atoms with Crippen LogP contribution in [-0.2, 0) is 17.8 Å². The van der Waals surface area contributed by atoms with Gasteiger partial charge >= 0.3 is 0 Å². The van der Waals surface area contributed by atoms with Gasteiger partial charge in [-0.1, -0.05) is 30.3 Å².